The number of nitrogens with zero attached hydrogens (tertiary/aromatic N) is 1. The molecule has 2 aliphatic rings. The average molecular weight is 270 g/mol. The number of hydrogen-bond donors (Lipinski definition) is 0. The van der Waals surface area contributed by atoms with E-state index in [9.17, 15) is 0 Å². The van der Waals surface area contributed by atoms with E-state index >= 15 is 0 Å². The molecule has 0 aliphatic heterocycles. The second-order valence-corrected chi connectivity index (χ2v) is 6.27. The summed E-state index contributed by atoms with van der Waals surface area (Å²) in [5.41, 5.74) is 1.71. The van der Waals surface area contributed by atoms with Crippen molar-refractivity contribution < 1.29 is 0 Å². The predicted molar refractivity (Wildman–Crippen MR) is 71.7 cm³/mol. The third kappa shape index (κ3) is 2.20. The van der Waals surface area contributed by atoms with Crippen LogP contribution in [-0.2, 0) is 5.41 Å². The van der Waals surface area contributed by atoms with Crippen molar-refractivity contribution in [3.63, 3.8) is 0 Å². The fraction of sp³-hybridized carbons (Fsp3) is 0.643. The molecule has 0 unspecified atom stereocenters. The van der Waals surface area contributed by atoms with Crippen LogP contribution in [0.25, 0.3) is 0 Å². The Labute approximate surface area is 113 Å². The molecule has 0 spiro atoms. The lowest BCUT2D eigenvalue weighted by molar-refractivity contribution is 0.289. The molecule has 1 heterocycles. The topological polar surface area (TPSA) is 12.9 Å². The number of aromatic nitrogens is 1. The highest BCUT2D eigenvalue weighted by atomic mass is 35.5. The zero-order valence-electron chi connectivity index (χ0n) is 9.88. The maximum Gasteiger partial charge on any atom is 0.131 e. The Kier molecular flexibility index (Phi) is 3.08. The largest absolute Gasteiger partial charge is 0.224 e. The van der Waals surface area contributed by atoms with Gasteiger partial charge in [0.2, 0.25) is 0 Å². The predicted octanol–water partition coefficient (Wildman–Crippen LogP) is 5.00. The van der Waals surface area contributed by atoms with Gasteiger partial charge in [-0.2, -0.15) is 0 Å². The van der Waals surface area contributed by atoms with Gasteiger partial charge in [-0.05, 0) is 54.7 Å². The summed E-state index contributed by atoms with van der Waals surface area (Å²) in [5, 5.41) is 1.07. The van der Waals surface area contributed by atoms with Gasteiger partial charge in [-0.15, -0.1) is 0 Å². The molecular weight excluding hydrogens is 253 g/mol. The van der Waals surface area contributed by atoms with E-state index in [-0.39, 0.29) is 0 Å². The van der Waals surface area contributed by atoms with Crippen molar-refractivity contribution in [2.24, 2.45) is 5.92 Å². The molecule has 0 N–H and O–H groups in total. The van der Waals surface area contributed by atoms with Gasteiger partial charge in [0, 0.05) is 0 Å². The van der Waals surface area contributed by atoms with Crippen molar-refractivity contribution >= 4 is 23.2 Å². The zero-order valence-corrected chi connectivity index (χ0v) is 11.4. The molecule has 0 atom stereocenters. The molecular formula is C14H17Cl2N. The standard InChI is InChI=1S/C14H17Cl2N/c15-12-8-11(9-13(16)17-12)14(6-7-14)10-4-2-1-3-5-10/h8-10H,1-7H2. The molecule has 0 bridgehead atoms. The maximum atomic E-state index is 6.03. The average Bonchev–Trinajstić information content (AvgIpc) is 3.10. The van der Waals surface area contributed by atoms with Gasteiger partial charge in [0.05, 0.1) is 0 Å². The van der Waals surface area contributed by atoms with Gasteiger partial charge in [-0.1, -0.05) is 42.5 Å². The minimum atomic E-state index is 0.386. The molecule has 92 valence electrons. The van der Waals surface area contributed by atoms with Crippen molar-refractivity contribution in [1.82, 2.24) is 4.98 Å². The molecule has 0 saturated heterocycles. The lowest BCUT2D eigenvalue weighted by atomic mass is 9.74. The van der Waals surface area contributed by atoms with Crippen molar-refractivity contribution in [1.29, 1.82) is 0 Å². The highest BCUT2D eigenvalue weighted by molar-refractivity contribution is 6.32. The molecule has 2 aliphatic carbocycles. The first kappa shape index (κ1) is 11.8. The highest BCUT2D eigenvalue weighted by Gasteiger charge is 2.50. The molecule has 2 saturated carbocycles. The Morgan fingerprint density at radius 2 is 1.59 bits per heavy atom. The minimum Gasteiger partial charge on any atom is -0.224 e. The molecule has 1 nitrogen and oxygen atoms in total. The Morgan fingerprint density at radius 1 is 1.00 bits per heavy atom. The van der Waals surface area contributed by atoms with Crippen LogP contribution in [0, 0.1) is 5.92 Å². The quantitative estimate of drug-likeness (QED) is 0.689. The molecule has 1 aromatic rings. The summed E-state index contributed by atoms with van der Waals surface area (Å²) in [5.74, 6) is 0.839. The maximum absolute atomic E-state index is 6.03. The smallest absolute Gasteiger partial charge is 0.131 e. The fourth-order valence-electron chi connectivity index (χ4n) is 3.47. The summed E-state index contributed by atoms with van der Waals surface area (Å²) in [4.78, 5) is 4.05. The van der Waals surface area contributed by atoms with Crippen LogP contribution in [-0.4, -0.2) is 4.98 Å². The number of rotatable bonds is 2. The lowest BCUT2D eigenvalue weighted by Crippen LogP contribution is -2.23. The second-order valence-electron chi connectivity index (χ2n) is 5.49. The van der Waals surface area contributed by atoms with E-state index in [4.69, 9.17) is 23.2 Å². The van der Waals surface area contributed by atoms with Crippen molar-refractivity contribution in [2.75, 3.05) is 0 Å². The van der Waals surface area contributed by atoms with Gasteiger partial charge in [-0.25, -0.2) is 4.98 Å². The first-order valence-corrected chi connectivity index (χ1v) is 7.30. The van der Waals surface area contributed by atoms with Crippen LogP contribution in [0.4, 0.5) is 0 Å². The first-order valence-electron chi connectivity index (χ1n) is 6.54. The van der Waals surface area contributed by atoms with Gasteiger partial charge in [0.1, 0.15) is 10.3 Å². The van der Waals surface area contributed by atoms with Crippen LogP contribution in [0.5, 0.6) is 0 Å². The summed E-state index contributed by atoms with van der Waals surface area (Å²) in [7, 11) is 0. The molecule has 3 heteroatoms. The lowest BCUT2D eigenvalue weighted by Gasteiger charge is -2.31. The Balaban J connectivity index is 1.91. The summed E-state index contributed by atoms with van der Waals surface area (Å²) < 4.78 is 0. The van der Waals surface area contributed by atoms with Crippen LogP contribution < -0.4 is 0 Å². The molecule has 17 heavy (non-hydrogen) atoms. The van der Waals surface area contributed by atoms with Crippen LogP contribution in [0.15, 0.2) is 12.1 Å². The van der Waals surface area contributed by atoms with Gasteiger partial charge in [0.15, 0.2) is 0 Å². The van der Waals surface area contributed by atoms with E-state index in [1.807, 2.05) is 12.1 Å². The van der Waals surface area contributed by atoms with E-state index in [1.54, 1.807) is 0 Å². The van der Waals surface area contributed by atoms with Crippen LogP contribution in [0.1, 0.15) is 50.5 Å². The van der Waals surface area contributed by atoms with E-state index in [0.29, 0.717) is 15.7 Å². The summed E-state index contributed by atoms with van der Waals surface area (Å²) in [6.07, 6.45) is 9.53. The summed E-state index contributed by atoms with van der Waals surface area (Å²) in [6, 6.07) is 4.05. The van der Waals surface area contributed by atoms with Crippen LogP contribution >= 0.6 is 23.2 Å². The van der Waals surface area contributed by atoms with E-state index < -0.39 is 0 Å². The monoisotopic (exact) mass is 269 g/mol. The van der Waals surface area contributed by atoms with E-state index in [1.165, 1.54) is 50.5 Å². The molecule has 1 aromatic heterocycles. The molecule has 3 rings (SSSR count). The van der Waals surface area contributed by atoms with Crippen molar-refractivity contribution in [3.8, 4) is 0 Å². The third-order valence-electron chi connectivity index (χ3n) is 4.51. The molecule has 0 aromatic carbocycles. The van der Waals surface area contributed by atoms with Crippen LogP contribution in [0.3, 0.4) is 0 Å². The van der Waals surface area contributed by atoms with E-state index in [2.05, 4.69) is 4.98 Å². The minimum absolute atomic E-state index is 0.386. The van der Waals surface area contributed by atoms with E-state index in [0.717, 1.165) is 5.92 Å². The normalized spacial score (nSPS) is 23.6. The molecule has 0 amide bonds. The summed E-state index contributed by atoms with van der Waals surface area (Å²) >= 11 is 12.1. The Hall–Kier alpha value is -0.270. The van der Waals surface area contributed by atoms with Gasteiger partial charge >= 0.3 is 0 Å². The fourth-order valence-corrected chi connectivity index (χ4v) is 3.94. The summed E-state index contributed by atoms with van der Waals surface area (Å²) in [6.45, 7) is 0. The van der Waals surface area contributed by atoms with Gasteiger partial charge < -0.3 is 0 Å². The molecule has 2 fully saturated rings. The first-order chi connectivity index (χ1) is 8.21. The van der Waals surface area contributed by atoms with Crippen molar-refractivity contribution in [2.45, 2.75) is 50.4 Å². The van der Waals surface area contributed by atoms with Crippen LogP contribution in [0.2, 0.25) is 10.3 Å². The second kappa shape index (κ2) is 4.44. The SMILES string of the molecule is Clc1cc(C2(C3CCCCC3)CC2)cc(Cl)n1. The number of halogens is 2. The number of pyridine rings is 1. The van der Waals surface area contributed by atoms with Gasteiger partial charge in [0.25, 0.3) is 0 Å². The number of hydrogen-bond acceptors (Lipinski definition) is 1. The highest BCUT2D eigenvalue weighted by Crippen LogP contribution is 2.58. The van der Waals surface area contributed by atoms with Crippen molar-refractivity contribution in [3.05, 3.63) is 28.0 Å². The van der Waals surface area contributed by atoms with Gasteiger partial charge in [-0.3, -0.25) is 0 Å². The third-order valence-corrected chi connectivity index (χ3v) is 4.90. The Bertz CT molecular complexity index is 400. The zero-order chi connectivity index (χ0) is 11.9. The Morgan fingerprint density at radius 3 is 2.12 bits per heavy atom. The molecule has 0 radical (unpaired) electrons.